The summed E-state index contributed by atoms with van der Waals surface area (Å²) in [7, 11) is -3.95. The summed E-state index contributed by atoms with van der Waals surface area (Å²) in [4.78, 5) is 15.2. The number of hydrogen-bond donors (Lipinski definition) is 1. The Morgan fingerprint density at radius 2 is 1.76 bits per heavy atom. The second kappa shape index (κ2) is 11.4. The molecule has 9 heteroatoms. The van der Waals surface area contributed by atoms with Crippen LogP contribution in [0.1, 0.15) is 38.8 Å². The van der Waals surface area contributed by atoms with Gasteiger partial charge in [-0.05, 0) is 47.7 Å². The van der Waals surface area contributed by atoms with Gasteiger partial charge in [-0.15, -0.1) is 0 Å². The molecule has 0 bridgehead atoms. The number of carbonyl (C=O) groups is 1. The Morgan fingerprint density at radius 1 is 1.09 bits per heavy atom. The fourth-order valence-corrected chi connectivity index (χ4v) is 4.59. The van der Waals surface area contributed by atoms with E-state index in [4.69, 9.17) is 9.84 Å². The first-order valence-corrected chi connectivity index (χ1v) is 11.9. The van der Waals surface area contributed by atoms with Crippen LogP contribution in [-0.2, 0) is 26.8 Å². The number of anilines is 1. The summed E-state index contributed by atoms with van der Waals surface area (Å²) in [6.45, 7) is 7.84. The van der Waals surface area contributed by atoms with E-state index in [1.54, 1.807) is 24.3 Å². The van der Waals surface area contributed by atoms with E-state index in [-0.39, 0.29) is 52.2 Å². The minimum atomic E-state index is -3.95. The fourth-order valence-electron chi connectivity index (χ4n) is 3.18. The van der Waals surface area contributed by atoms with Crippen LogP contribution in [0.2, 0.25) is 0 Å². The number of aliphatic carboxylic acids is 1. The standard InChI is InChI=1S/C25H28N2O5S.Na/c1-18(24(28)29)32-22-8-5-7-21(15-22)27(33(30,31)23-9-6-14-26-16-23)17-19-10-12-20(13-11-19)25(2,3)4;/h5-16,18H,17H2,1-4H3,(H,28,29);. The average Bonchev–Trinajstić information content (AvgIpc) is 2.77. The van der Waals surface area contributed by atoms with Gasteiger partial charge in [0.25, 0.3) is 10.0 Å². The van der Waals surface area contributed by atoms with Crippen LogP contribution >= 0.6 is 0 Å². The summed E-state index contributed by atoms with van der Waals surface area (Å²) >= 11 is 0. The van der Waals surface area contributed by atoms with E-state index in [2.05, 4.69) is 25.8 Å². The summed E-state index contributed by atoms with van der Waals surface area (Å²) in [5.41, 5.74) is 2.28. The van der Waals surface area contributed by atoms with Crippen LogP contribution in [0, 0.1) is 0 Å². The normalized spacial score (nSPS) is 12.4. The van der Waals surface area contributed by atoms with Crippen LogP contribution in [0.4, 0.5) is 5.69 Å². The maximum atomic E-state index is 13.6. The van der Waals surface area contributed by atoms with Gasteiger partial charge in [0, 0.05) is 48.0 Å². The van der Waals surface area contributed by atoms with E-state index in [9.17, 15) is 13.2 Å². The number of aromatic nitrogens is 1. The van der Waals surface area contributed by atoms with E-state index in [1.807, 2.05) is 24.3 Å². The molecule has 1 atom stereocenters. The Kier molecular flexibility index (Phi) is 9.30. The zero-order valence-electron chi connectivity index (χ0n) is 20.1. The monoisotopic (exact) mass is 491 g/mol. The average molecular weight is 492 g/mol. The maximum absolute atomic E-state index is 13.6. The van der Waals surface area contributed by atoms with Crippen molar-refractivity contribution >= 4 is 51.2 Å². The van der Waals surface area contributed by atoms with Gasteiger partial charge >= 0.3 is 5.97 Å². The van der Waals surface area contributed by atoms with E-state index in [0.29, 0.717) is 5.69 Å². The number of sulfonamides is 1. The van der Waals surface area contributed by atoms with Crippen molar-refractivity contribution in [1.82, 2.24) is 4.98 Å². The minimum absolute atomic E-state index is 0. The van der Waals surface area contributed by atoms with Gasteiger partial charge in [0.15, 0.2) is 6.10 Å². The van der Waals surface area contributed by atoms with E-state index < -0.39 is 22.1 Å². The smallest absolute Gasteiger partial charge is 0.344 e. The number of rotatable bonds is 8. The molecular formula is C25H28N2NaO5S. The molecule has 0 aliphatic heterocycles. The number of pyridine rings is 1. The molecule has 0 spiro atoms. The van der Waals surface area contributed by atoms with E-state index in [0.717, 1.165) is 11.1 Å². The summed E-state index contributed by atoms with van der Waals surface area (Å²) < 4.78 is 33.8. The molecule has 0 fully saturated rings. The minimum Gasteiger partial charge on any atom is -0.479 e. The third-order valence-electron chi connectivity index (χ3n) is 5.13. The molecule has 0 amide bonds. The van der Waals surface area contributed by atoms with Crippen LogP contribution in [0.3, 0.4) is 0 Å². The maximum Gasteiger partial charge on any atom is 0.344 e. The van der Waals surface area contributed by atoms with Crippen molar-refractivity contribution in [2.24, 2.45) is 0 Å². The number of carboxylic acid groups (broad SMARTS) is 1. The van der Waals surface area contributed by atoms with Crippen molar-refractivity contribution in [3.63, 3.8) is 0 Å². The van der Waals surface area contributed by atoms with Gasteiger partial charge in [-0.25, -0.2) is 13.2 Å². The molecular weight excluding hydrogens is 463 g/mol. The van der Waals surface area contributed by atoms with Gasteiger partial charge in [-0.1, -0.05) is 51.1 Å². The number of ether oxygens (including phenoxy) is 1. The number of benzene rings is 2. The Morgan fingerprint density at radius 3 is 2.32 bits per heavy atom. The molecule has 3 aromatic rings. The van der Waals surface area contributed by atoms with Crippen LogP contribution in [0.25, 0.3) is 0 Å². The molecule has 1 heterocycles. The molecule has 34 heavy (non-hydrogen) atoms. The third kappa shape index (κ3) is 6.82. The summed E-state index contributed by atoms with van der Waals surface area (Å²) in [5.74, 6) is -0.851. The summed E-state index contributed by atoms with van der Waals surface area (Å²) in [6.07, 6.45) is 1.74. The van der Waals surface area contributed by atoms with Gasteiger partial charge in [-0.3, -0.25) is 9.29 Å². The first-order valence-electron chi connectivity index (χ1n) is 10.5. The van der Waals surface area contributed by atoms with Gasteiger partial charge in [0.05, 0.1) is 12.2 Å². The molecule has 0 saturated heterocycles. The molecule has 175 valence electrons. The first kappa shape index (κ1) is 27.9. The quantitative estimate of drug-likeness (QED) is 0.474. The molecule has 3 rings (SSSR count). The Balaban J connectivity index is 0.00000408. The van der Waals surface area contributed by atoms with Crippen molar-refractivity contribution in [2.45, 2.75) is 50.7 Å². The SMILES string of the molecule is CC(Oc1cccc(N(Cc2ccc(C(C)(C)C)cc2)S(=O)(=O)c2cccnc2)c1)C(=O)O.[Na]. The van der Waals surface area contributed by atoms with Crippen LogP contribution < -0.4 is 9.04 Å². The van der Waals surface area contributed by atoms with Crippen molar-refractivity contribution in [2.75, 3.05) is 4.31 Å². The summed E-state index contributed by atoms with van der Waals surface area (Å²) in [6, 6.07) is 17.3. The van der Waals surface area contributed by atoms with Gasteiger partial charge in [-0.2, -0.15) is 0 Å². The van der Waals surface area contributed by atoms with Crippen LogP contribution in [0.5, 0.6) is 5.75 Å². The Bertz CT molecular complexity index is 1210. The largest absolute Gasteiger partial charge is 0.479 e. The number of hydrogen-bond acceptors (Lipinski definition) is 5. The van der Waals surface area contributed by atoms with E-state index >= 15 is 0 Å². The molecule has 7 nitrogen and oxygen atoms in total. The first-order chi connectivity index (χ1) is 15.5. The van der Waals surface area contributed by atoms with Crippen molar-refractivity contribution in [1.29, 1.82) is 0 Å². The summed E-state index contributed by atoms with van der Waals surface area (Å²) in [5, 5.41) is 9.14. The van der Waals surface area contributed by atoms with E-state index in [1.165, 1.54) is 35.8 Å². The van der Waals surface area contributed by atoms with Gasteiger partial charge < -0.3 is 9.84 Å². The molecule has 0 aliphatic carbocycles. The molecule has 0 saturated carbocycles. The zero-order valence-corrected chi connectivity index (χ0v) is 22.9. The Labute approximate surface area is 223 Å². The zero-order chi connectivity index (χ0) is 24.2. The molecule has 1 radical (unpaired) electrons. The second-order valence-electron chi connectivity index (χ2n) is 8.74. The number of carboxylic acids is 1. The van der Waals surface area contributed by atoms with Crippen molar-refractivity contribution in [3.05, 3.63) is 84.2 Å². The van der Waals surface area contributed by atoms with Gasteiger partial charge in [0.1, 0.15) is 10.6 Å². The topological polar surface area (TPSA) is 96.8 Å². The predicted molar refractivity (Wildman–Crippen MR) is 133 cm³/mol. The van der Waals surface area contributed by atoms with Gasteiger partial charge in [0.2, 0.25) is 0 Å². The Hall–Kier alpha value is -2.39. The third-order valence-corrected chi connectivity index (χ3v) is 6.89. The molecule has 1 unspecified atom stereocenters. The van der Waals surface area contributed by atoms with Crippen LogP contribution in [0.15, 0.2) is 78.0 Å². The molecule has 0 aliphatic rings. The van der Waals surface area contributed by atoms with Crippen LogP contribution in [-0.4, -0.2) is 60.1 Å². The molecule has 1 N–H and O–H groups in total. The predicted octanol–water partition coefficient (Wildman–Crippen LogP) is 4.25. The fraction of sp³-hybridized carbons (Fsp3) is 0.280. The number of nitrogens with zero attached hydrogens (tertiary/aromatic N) is 2. The van der Waals surface area contributed by atoms with Crippen molar-refractivity contribution in [3.8, 4) is 5.75 Å². The van der Waals surface area contributed by atoms with Crippen molar-refractivity contribution < 1.29 is 23.1 Å². The molecule has 1 aromatic heterocycles. The second-order valence-corrected chi connectivity index (χ2v) is 10.6. The molecule has 2 aromatic carbocycles.